The van der Waals surface area contributed by atoms with Gasteiger partial charge in [0, 0.05) is 12.8 Å². The van der Waals surface area contributed by atoms with E-state index >= 15 is 0 Å². The number of hydrogen-bond donors (Lipinski definition) is 0. The second-order valence-electron chi connectivity index (χ2n) is 8.83. The fourth-order valence-corrected chi connectivity index (χ4v) is 3.96. The average molecular weight is 393 g/mol. The van der Waals surface area contributed by atoms with Crippen LogP contribution in [0.2, 0.25) is 0 Å². The lowest BCUT2D eigenvalue weighted by molar-refractivity contribution is -0.119. The van der Waals surface area contributed by atoms with Gasteiger partial charge in [-0.2, -0.15) is 0 Å². The van der Waals surface area contributed by atoms with E-state index in [2.05, 4.69) is 13.5 Å². The second kappa shape index (κ2) is 24.4. The Bertz CT molecular complexity index is 320. The molecule has 0 spiro atoms. The fraction of sp³-hybridized carbons (Fsp3) is 0.889. The van der Waals surface area contributed by atoms with E-state index in [1.54, 1.807) is 0 Å². The van der Waals surface area contributed by atoms with Crippen LogP contribution in [-0.4, -0.2) is 5.78 Å². The third-order valence-electron chi connectivity index (χ3n) is 5.92. The van der Waals surface area contributed by atoms with Crippen LogP contribution in [0.15, 0.2) is 12.7 Å². The molecule has 0 N–H and O–H groups in total. The van der Waals surface area contributed by atoms with Crippen LogP contribution < -0.4 is 0 Å². The standard InChI is InChI=1S/C27H52O/c1-3-5-7-9-11-12-13-14-15-16-17-18-20-22-24-26-27(28)25-23-21-19-10-8-6-4-2/h3H,1,4-26H2,2H3. The molecule has 0 aromatic carbocycles. The molecule has 0 radical (unpaired) electrons. The Morgan fingerprint density at radius 1 is 0.536 bits per heavy atom. The first-order valence-electron chi connectivity index (χ1n) is 12.9. The molecule has 0 aliphatic rings. The maximum absolute atomic E-state index is 11.9. The molecule has 0 bridgehead atoms. The number of Topliss-reactive ketones (excluding diaryl/α,β-unsaturated/α-hetero) is 1. The maximum atomic E-state index is 11.9. The smallest absolute Gasteiger partial charge is 0.132 e. The summed E-state index contributed by atoms with van der Waals surface area (Å²) in [5.41, 5.74) is 0. The SMILES string of the molecule is C=CCCCCCCCCCCCCCCCC(=O)CCCCCCCCC. The van der Waals surface area contributed by atoms with E-state index in [1.807, 2.05) is 6.08 Å². The van der Waals surface area contributed by atoms with Crippen LogP contribution >= 0.6 is 0 Å². The first kappa shape index (κ1) is 27.4. The van der Waals surface area contributed by atoms with Gasteiger partial charge in [0.2, 0.25) is 0 Å². The van der Waals surface area contributed by atoms with E-state index in [4.69, 9.17) is 0 Å². The Hall–Kier alpha value is -0.590. The lowest BCUT2D eigenvalue weighted by Crippen LogP contribution is -1.97. The zero-order valence-electron chi connectivity index (χ0n) is 19.5. The Morgan fingerprint density at radius 2 is 0.857 bits per heavy atom. The van der Waals surface area contributed by atoms with Crippen molar-refractivity contribution >= 4 is 5.78 Å². The molecule has 1 nitrogen and oxygen atoms in total. The van der Waals surface area contributed by atoms with E-state index in [1.165, 1.54) is 122 Å². The molecule has 0 aliphatic heterocycles. The van der Waals surface area contributed by atoms with Gasteiger partial charge >= 0.3 is 0 Å². The van der Waals surface area contributed by atoms with E-state index in [-0.39, 0.29) is 0 Å². The molecule has 0 unspecified atom stereocenters. The minimum Gasteiger partial charge on any atom is -0.300 e. The zero-order valence-corrected chi connectivity index (χ0v) is 19.5. The molecule has 0 aromatic heterocycles. The summed E-state index contributed by atoms with van der Waals surface area (Å²) < 4.78 is 0. The van der Waals surface area contributed by atoms with Gasteiger partial charge in [0.15, 0.2) is 0 Å². The van der Waals surface area contributed by atoms with Gasteiger partial charge in [0.1, 0.15) is 5.78 Å². The van der Waals surface area contributed by atoms with Gasteiger partial charge in [-0.05, 0) is 25.7 Å². The normalized spacial score (nSPS) is 11.0. The molecule has 0 atom stereocenters. The summed E-state index contributed by atoms with van der Waals surface area (Å²) in [4.78, 5) is 11.9. The van der Waals surface area contributed by atoms with Crippen molar-refractivity contribution < 1.29 is 4.79 Å². The van der Waals surface area contributed by atoms with Gasteiger partial charge in [-0.15, -0.1) is 6.58 Å². The van der Waals surface area contributed by atoms with Gasteiger partial charge in [0.25, 0.3) is 0 Å². The van der Waals surface area contributed by atoms with E-state index in [9.17, 15) is 4.79 Å². The van der Waals surface area contributed by atoms with Crippen LogP contribution in [0.5, 0.6) is 0 Å². The number of carbonyl (C=O) groups excluding carboxylic acids is 1. The fourth-order valence-electron chi connectivity index (χ4n) is 3.96. The highest BCUT2D eigenvalue weighted by atomic mass is 16.1. The largest absolute Gasteiger partial charge is 0.300 e. The number of allylic oxidation sites excluding steroid dienone is 1. The Morgan fingerprint density at radius 3 is 1.21 bits per heavy atom. The number of rotatable bonds is 24. The highest BCUT2D eigenvalue weighted by Gasteiger charge is 2.02. The molecule has 166 valence electrons. The summed E-state index contributed by atoms with van der Waals surface area (Å²) >= 11 is 0. The first-order chi connectivity index (χ1) is 13.8. The number of hydrogen-bond acceptors (Lipinski definition) is 1. The molecule has 28 heavy (non-hydrogen) atoms. The van der Waals surface area contributed by atoms with E-state index in [0.717, 1.165) is 25.7 Å². The van der Waals surface area contributed by atoms with Gasteiger partial charge in [-0.1, -0.05) is 122 Å². The van der Waals surface area contributed by atoms with Crippen molar-refractivity contribution in [3.05, 3.63) is 12.7 Å². The molecular formula is C27H52O. The van der Waals surface area contributed by atoms with Crippen molar-refractivity contribution in [2.45, 2.75) is 155 Å². The molecule has 0 rings (SSSR count). The molecule has 0 saturated heterocycles. The summed E-state index contributed by atoms with van der Waals surface area (Å²) in [6.45, 7) is 6.03. The topological polar surface area (TPSA) is 17.1 Å². The molecular weight excluding hydrogens is 340 g/mol. The molecule has 0 amide bonds. The third kappa shape index (κ3) is 23.4. The summed E-state index contributed by atoms with van der Waals surface area (Å²) in [6.07, 6.45) is 31.7. The predicted molar refractivity (Wildman–Crippen MR) is 127 cm³/mol. The average Bonchev–Trinajstić information content (AvgIpc) is 2.70. The van der Waals surface area contributed by atoms with Gasteiger partial charge in [-0.3, -0.25) is 4.79 Å². The summed E-state index contributed by atoms with van der Waals surface area (Å²) in [7, 11) is 0. The minimum absolute atomic E-state index is 0.512. The Balaban J connectivity index is 3.12. The van der Waals surface area contributed by atoms with Crippen molar-refractivity contribution in [3.63, 3.8) is 0 Å². The highest BCUT2D eigenvalue weighted by Crippen LogP contribution is 2.14. The number of unbranched alkanes of at least 4 members (excludes halogenated alkanes) is 19. The molecule has 0 aliphatic carbocycles. The van der Waals surface area contributed by atoms with Crippen LogP contribution in [0.3, 0.4) is 0 Å². The lowest BCUT2D eigenvalue weighted by Gasteiger charge is -2.04. The van der Waals surface area contributed by atoms with Crippen molar-refractivity contribution in [3.8, 4) is 0 Å². The van der Waals surface area contributed by atoms with Crippen molar-refractivity contribution in [1.29, 1.82) is 0 Å². The number of carbonyl (C=O) groups is 1. The van der Waals surface area contributed by atoms with Crippen LogP contribution in [0.4, 0.5) is 0 Å². The van der Waals surface area contributed by atoms with Gasteiger partial charge < -0.3 is 0 Å². The van der Waals surface area contributed by atoms with Crippen LogP contribution in [0, 0.1) is 0 Å². The predicted octanol–water partition coefficient (Wildman–Crippen LogP) is 9.73. The zero-order chi connectivity index (χ0) is 20.5. The molecule has 0 fully saturated rings. The Kier molecular flexibility index (Phi) is 23.9. The lowest BCUT2D eigenvalue weighted by atomic mass is 10.0. The maximum Gasteiger partial charge on any atom is 0.132 e. The Labute approximate surface area is 178 Å². The van der Waals surface area contributed by atoms with E-state index < -0.39 is 0 Å². The molecule has 0 aromatic rings. The molecule has 0 heterocycles. The van der Waals surface area contributed by atoms with E-state index in [0.29, 0.717) is 5.78 Å². The van der Waals surface area contributed by atoms with Crippen LogP contribution in [-0.2, 0) is 4.79 Å². The summed E-state index contributed by atoms with van der Waals surface area (Å²) in [5, 5.41) is 0. The molecule has 1 heteroatoms. The third-order valence-corrected chi connectivity index (χ3v) is 5.92. The van der Waals surface area contributed by atoms with Gasteiger partial charge in [0.05, 0.1) is 0 Å². The van der Waals surface area contributed by atoms with Crippen molar-refractivity contribution in [2.75, 3.05) is 0 Å². The minimum atomic E-state index is 0.512. The van der Waals surface area contributed by atoms with Crippen molar-refractivity contribution in [2.24, 2.45) is 0 Å². The first-order valence-corrected chi connectivity index (χ1v) is 12.9. The number of ketones is 1. The quantitative estimate of drug-likeness (QED) is 0.118. The van der Waals surface area contributed by atoms with Crippen molar-refractivity contribution in [1.82, 2.24) is 0 Å². The highest BCUT2D eigenvalue weighted by molar-refractivity contribution is 5.78. The monoisotopic (exact) mass is 392 g/mol. The van der Waals surface area contributed by atoms with Gasteiger partial charge in [-0.25, -0.2) is 0 Å². The second-order valence-corrected chi connectivity index (χ2v) is 8.83. The summed E-state index contributed by atoms with van der Waals surface area (Å²) in [6, 6.07) is 0. The van der Waals surface area contributed by atoms with Crippen LogP contribution in [0.25, 0.3) is 0 Å². The molecule has 0 saturated carbocycles. The van der Waals surface area contributed by atoms with Crippen LogP contribution in [0.1, 0.15) is 155 Å². The summed E-state index contributed by atoms with van der Waals surface area (Å²) in [5.74, 6) is 0.512.